The van der Waals surface area contributed by atoms with Crippen molar-refractivity contribution < 1.29 is 17.7 Å². The van der Waals surface area contributed by atoms with Crippen LogP contribution in [0.1, 0.15) is 13.8 Å². The van der Waals surface area contributed by atoms with Gasteiger partial charge in [0.2, 0.25) is 0 Å². The lowest BCUT2D eigenvalue weighted by atomic mass is 10.4. The third-order valence-corrected chi connectivity index (χ3v) is 2.90. The molecule has 0 aliphatic carbocycles. The van der Waals surface area contributed by atoms with Gasteiger partial charge in [-0.25, -0.2) is 0 Å². The molecule has 0 aliphatic rings. The van der Waals surface area contributed by atoms with Crippen LogP contribution in [0, 0.1) is 0 Å². The Morgan fingerprint density at radius 3 is 2.41 bits per heavy atom. The van der Waals surface area contributed by atoms with Crippen LogP contribution in [0.4, 0.5) is 0 Å². The van der Waals surface area contributed by atoms with Gasteiger partial charge in [0.15, 0.2) is 0 Å². The number of likely N-dealkylation sites (N-methyl/N-ethyl adjacent to an activating group) is 1. The van der Waals surface area contributed by atoms with Crippen molar-refractivity contribution >= 4 is 10.1 Å². The second-order valence-electron chi connectivity index (χ2n) is 4.15. The van der Waals surface area contributed by atoms with Gasteiger partial charge >= 0.3 is 0 Å². The highest BCUT2D eigenvalue weighted by molar-refractivity contribution is 7.85. The third kappa shape index (κ3) is 12.0. The Kier molecular flexibility index (Phi) is 8.71. The maximum atomic E-state index is 10.7. The van der Waals surface area contributed by atoms with E-state index in [1.807, 2.05) is 25.8 Å². The van der Waals surface area contributed by atoms with Crippen LogP contribution >= 0.6 is 0 Å². The number of hydrogen-bond acceptors (Lipinski definition) is 5. The first kappa shape index (κ1) is 16.8. The van der Waals surface area contributed by atoms with Gasteiger partial charge in [-0.15, -0.1) is 0 Å². The Morgan fingerprint density at radius 1 is 1.29 bits per heavy atom. The lowest BCUT2D eigenvalue weighted by Gasteiger charge is -2.22. The molecule has 0 amide bonds. The molecule has 0 spiro atoms. The van der Waals surface area contributed by atoms with Gasteiger partial charge in [0.25, 0.3) is 10.1 Å². The monoisotopic (exact) mass is 268 g/mol. The first-order valence-electron chi connectivity index (χ1n) is 5.79. The van der Waals surface area contributed by atoms with Crippen molar-refractivity contribution in [2.75, 3.05) is 45.6 Å². The largest absolute Gasteiger partial charge is 0.377 e. The number of rotatable bonds is 10. The van der Waals surface area contributed by atoms with Crippen molar-refractivity contribution in [3.8, 4) is 0 Å². The van der Waals surface area contributed by atoms with E-state index < -0.39 is 10.1 Å². The minimum Gasteiger partial charge on any atom is -0.377 e. The average molecular weight is 268 g/mol. The Bertz CT molecular complexity index is 280. The van der Waals surface area contributed by atoms with Crippen LogP contribution in [0.2, 0.25) is 0 Å². The fraction of sp³-hybridized carbons (Fsp3) is 1.00. The molecular weight excluding hydrogens is 244 g/mol. The van der Waals surface area contributed by atoms with E-state index in [-0.39, 0.29) is 11.9 Å². The molecule has 0 aromatic carbocycles. The highest BCUT2D eigenvalue weighted by atomic mass is 32.2. The van der Waals surface area contributed by atoms with Gasteiger partial charge in [0.05, 0.1) is 18.5 Å². The van der Waals surface area contributed by atoms with E-state index in [0.717, 1.165) is 13.1 Å². The summed E-state index contributed by atoms with van der Waals surface area (Å²) in [5.41, 5.74) is 0. The Hall–Kier alpha value is -0.210. The van der Waals surface area contributed by atoms with Gasteiger partial charge in [-0.2, -0.15) is 8.42 Å². The van der Waals surface area contributed by atoms with Crippen LogP contribution in [-0.4, -0.2) is 69.6 Å². The van der Waals surface area contributed by atoms with E-state index >= 15 is 0 Å². The molecule has 0 fully saturated rings. The molecule has 0 atom stereocenters. The Balaban J connectivity index is 3.95. The normalized spacial score (nSPS) is 12.6. The average Bonchev–Trinajstić information content (AvgIpc) is 2.19. The summed E-state index contributed by atoms with van der Waals surface area (Å²) in [5, 5.41) is 3.00. The minimum absolute atomic E-state index is 0.169. The zero-order chi connectivity index (χ0) is 13.3. The zero-order valence-electron chi connectivity index (χ0n) is 10.8. The maximum absolute atomic E-state index is 10.7. The van der Waals surface area contributed by atoms with Gasteiger partial charge in [0.1, 0.15) is 0 Å². The van der Waals surface area contributed by atoms with Crippen LogP contribution in [-0.2, 0) is 14.9 Å². The van der Waals surface area contributed by atoms with Crippen molar-refractivity contribution in [3.63, 3.8) is 0 Å². The van der Waals surface area contributed by atoms with Gasteiger partial charge in [-0.05, 0) is 20.9 Å². The van der Waals surface area contributed by atoms with Crippen molar-refractivity contribution in [1.29, 1.82) is 0 Å². The molecular formula is C10H24N2O4S. The van der Waals surface area contributed by atoms with Crippen molar-refractivity contribution in [1.82, 2.24) is 10.2 Å². The fourth-order valence-corrected chi connectivity index (χ4v) is 1.76. The summed E-state index contributed by atoms with van der Waals surface area (Å²) in [7, 11) is -2.05. The van der Waals surface area contributed by atoms with Gasteiger partial charge in [-0.1, -0.05) is 0 Å². The predicted octanol–water partition coefficient (Wildman–Crippen LogP) is -0.179. The fourth-order valence-electron chi connectivity index (χ4n) is 1.27. The van der Waals surface area contributed by atoms with E-state index in [1.165, 1.54) is 0 Å². The van der Waals surface area contributed by atoms with Crippen molar-refractivity contribution in [2.24, 2.45) is 0 Å². The molecule has 0 saturated heterocycles. The molecule has 0 aliphatic heterocycles. The molecule has 104 valence electrons. The van der Waals surface area contributed by atoms with E-state index in [1.54, 1.807) is 0 Å². The van der Waals surface area contributed by atoms with Crippen molar-refractivity contribution in [3.05, 3.63) is 0 Å². The van der Waals surface area contributed by atoms with Crippen molar-refractivity contribution in [2.45, 2.75) is 20.0 Å². The molecule has 0 heterocycles. The Morgan fingerprint density at radius 2 is 1.94 bits per heavy atom. The number of ether oxygens (including phenoxy) is 1. The highest BCUT2D eigenvalue weighted by Crippen LogP contribution is 1.94. The molecule has 0 radical (unpaired) electrons. The van der Waals surface area contributed by atoms with Crippen LogP contribution in [0.25, 0.3) is 0 Å². The standard InChI is InChI=1S/C10H24N2O4S/c1-10(2)16-8-6-12(5-4-11-3)7-9-17(13,14)15/h10-11H,4-9H2,1-3H3,(H,13,14,15). The van der Waals surface area contributed by atoms with Gasteiger partial charge < -0.3 is 10.1 Å². The number of hydrogen-bond donors (Lipinski definition) is 2. The summed E-state index contributed by atoms with van der Waals surface area (Å²) in [5.74, 6) is -0.238. The molecule has 2 N–H and O–H groups in total. The summed E-state index contributed by atoms with van der Waals surface area (Å²) in [4.78, 5) is 1.95. The summed E-state index contributed by atoms with van der Waals surface area (Å²) in [6.07, 6.45) is 0.169. The molecule has 0 bridgehead atoms. The van der Waals surface area contributed by atoms with Gasteiger partial charge in [0, 0.05) is 26.2 Å². The van der Waals surface area contributed by atoms with Crippen LogP contribution in [0.15, 0.2) is 0 Å². The third-order valence-electron chi connectivity index (χ3n) is 2.20. The Labute approximate surface area is 104 Å². The molecule has 7 heteroatoms. The topological polar surface area (TPSA) is 78.9 Å². The zero-order valence-corrected chi connectivity index (χ0v) is 11.7. The van der Waals surface area contributed by atoms with E-state index in [0.29, 0.717) is 19.7 Å². The second-order valence-corrected chi connectivity index (χ2v) is 5.72. The molecule has 17 heavy (non-hydrogen) atoms. The first-order chi connectivity index (χ1) is 7.85. The maximum Gasteiger partial charge on any atom is 0.266 e. The van der Waals surface area contributed by atoms with Crippen LogP contribution < -0.4 is 5.32 Å². The quantitative estimate of drug-likeness (QED) is 0.535. The van der Waals surface area contributed by atoms with E-state index in [9.17, 15) is 8.42 Å². The molecule has 0 aromatic rings. The summed E-state index contributed by atoms with van der Waals surface area (Å²) >= 11 is 0. The molecule has 6 nitrogen and oxygen atoms in total. The predicted molar refractivity (Wildman–Crippen MR) is 67.9 cm³/mol. The summed E-state index contributed by atoms with van der Waals surface area (Å²) in [6, 6.07) is 0. The highest BCUT2D eigenvalue weighted by Gasteiger charge is 2.10. The first-order valence-corrected chi connectivity index (χ1v) is 7.40. The summed E-state index contributed by atoms with van der Waals surface area (Å²) < 4.78 is 35.5. The molecule has 0 aromatic heterocycles. The van der Waals surface area contributed by atoms with E-state index in [4.69, 9.17) is 9.29 Å². The van der Waals surface area contributed by atoms with E-state index in [2.05, 4.69) is 5.32 Å². The molecule has 0 saturated carbocycles. The lowest BCUT2D eigenvalue weighted by Crippen LogP contribution is -2.37. The minimum atomic E-state index is -3.89. The number of nitrogens with zero attached hydrogens (tertiary/aromatic N) is 1. The number of nitrogens with one attached hydrogen (secondary N) is 1. The SMILES string of the molecule is CNCCN(CCOC(C)C)CCS(=O)(=O)O. The smallest absolute Gasteiger partial charge is 0.266 e. The second kappa shape index (κ2) is 8.82. The summed E-state index contributed by atoms with van der Waals surface area (Å²) in [6.45, 7) is 6.96. The molecule has 0 unspecified atom stereocenters. The van der Waals surface area contributed by atoms with Crippen LogP contribution in [0.5, 0.6) is 0 Å². The lowest BCUT2D eigenvalue weighted by molar-refractivity contribution is 0.0603. The van der Waals surface area contributed by atoms with Crippen LogP contribution in [0.3, 0.4) is 0 Å². The van der Waals surface area contributed by atoms with Gasteiger partial charge in [-0.3, -0.25) is 9.45 Å². The molecule has 0 rings (SSSR count).